The van der Waals surface area contributed by atoms with E-state index in [1.54, 1.807) is 11.3 Å². The highest BCUT2D eigenvalue weighted by Crippen LogP contribution is 2.37. The Balaban J connectivity index is 1.81. The number of thiazole rings is 1. The SMILES string of the molecule is CN1CCN(C(=O)c2csc(CCN)n2)C2(CCCCC2)C1. The van der Waals surface area contributed by atoms with Crippen molar-refractivity contribution in [3.63, 3.8) is 0 Å². The molecule has 0 atom stereocenters. The second-order valence-electron chi connectivity index (χ2n) is 6.64. The van der Waals surface area contributed by atoms with E-state index in [4.69, 9.17) is 5.73 Å². The quantitative estimate of drug-likeness (QED) is 0.921. The Bertz CT molecular complexity index is 524. The van der Waals surface area contributed by atoms with Gasteiger partial charge in [-0.1, -0.05) is 19.3 Å². The fraction of sp³-hybridized carbons (Fsp3) is 0.750. The van der Waals surface area contributed by atoms with Crippen LogP contribution in [-0.2, 0) is 6.42 Å². The fourth-order valence-corrected chi connectivity index (χ4v) is 4.70. The summed E-state index contributed by atoms with van der Waals surface area (Å²) in [5, 5.41) is 2.87. The van der Waals surface area contributed by atoms with E-state index in [0.717, 1.165) is 43.9 Å². The van der Waals surface area contributed by atoms with Crippen LogP contribution in [0, 0.1) is 0 Å². The maximum absolute atomic E-state index is 13.0. The first-order valence-corrected chi connectivity index (χ1v) is 9.18. The Labute approximate surface area is 136 Å². The van der Waals surface area contributed by atoms with Crippen molar-refractivity contribution in [2.24, 2.45) is 5.73 Å². The number of nitrogens with two attached hydrogens (primary N) is 1. The van der Waals surface area contributed by atoms with E-state index in [1.807, 2.05) is 5.38 Å². The summed E-state index contributed by atoms with van der Waals surface area (Å²) in [6, 6.07) is 0. The summed E-state index contributed by atoms with van der Waals surface area (Å²) < 4.78 is 0. The molecule has 6 heteroatoms. The summed E-state index contributed by atoms with van der Waals surface area (Å²) in [6.07, 6.45) is 6.77. The molecule has 3 rings (SSSR count). The van der Waals surface area contributed by atoms with E-state index in [9.17, 15) is 4.79 Å². The van der Waals surface area contributed by atoms with Crippen LogP contribution in [0.25, 0.3) is 0 Å². The third-order valence-electron chi connectivity index (χ3n) is 5.00. The van der Waals surface area contributed by atoms with E-state index in [0.29, 0.717) is 12.2 Å². The highest BCUT2D eigenvalue weighted by atomic mass is 32.1. The molecule has 1 aromatic heterocycles. The minimum atomic E-state index is 0.0278. The number of rotatable bonds is 3. The zero-order valence-electron chi connectivity index (χ0n) is 13.4. The van der Waals surface area contributed by atoms with E-state index in [1.165, 1.54) is 19.3 Å². The van der Waals surface area contributed by atoms with Gasteiger partial charge < -0.3 is 15.5 Å². The molecule has 1 aliphatic carbocycles. The first-order valence-electron chi connectivity index (χ1n) is 8.30. The van der Waals surface area contributed by atoms with Crippen LogP contribution in [-0.4, -0.2) is 59.5 Å². The molecule has 2 heterocycles. The molecule has 2 N–H and O–H groups in total. The van der Waals surface area contributed by atoms with E-state index >= 15 is 0 Å². The van der Waals surface area contributed by atoms with Crippen molar-refractivity contribution in [3.8, 4) is 0 Å². The molecule has 0 unspecified atom stereocenters. The topological polar surface area (TPSA) is 62.5 Å². The van der Waals surface area contributed by atoms with Gasteiger partial charge in [0.25, 0.3) is 5.91 Å². The number of carbonyl (C=O) groups excluding carboxylic acids is 1. The van der Waals surface area contributed by atoms with E-state index < -0.39 is 0 Å². The Kier molecular flexibility index (Phi) is 4.80. The lowest BCUT2D eigenvalue weighted by atomic mass is 9.78. The van der Waals surface area contributed by atoms with Crippen LogP contribution in [0.3, 0.4) is 0 Å². The lowest BCUT2D eigenvalue weighted by Crippen LogP contribution is -2.63. The van der Waals surface area contributed by atoms with E-state index in [-0.39, 0.29) is 11.4 Å². The first kappa shape index (κ1) is 15.9. The number of likely N-dealkylation sites (N-methyl/N-ethyl adjacent to an activating group) is 1. The summed E-state index contributed by atoms with van der Waals surface area (Å²) in [5.41, 5.74) is 6.22. The number of hydrogen-bond acceptors (Lipinski definition) is 5. The predicted molar refractivity (Wildman–Crippen MR) is 89.2 cm³/mol. The molecule has 122 valence electrons. The lowest BCUT2D eigenvalue weighted by Gasteiger charge is -2.52. The van der Waals surface area contributed by atoms with Crippen molar-refractivity contribution in [2.75, 3.05) is 33.2 Å². The Morgan fingerprint density at radius 1 is 1.36 bits per heavy atom. The molecule has 2 aliphatic rings. The zero-order valence-corrected chi connectivity index (χ0v) is 14.2. The Morgan fingerprint density at radius 3 is 2.86 bits per heavy atom. The first-order chi connectivity index (χ1) is 10.6. The summed E-state index contributed by atoms with van der Waals surface area (Å²) in [7, 11) is 2.17. The second kappa shape index (κ2) is 6.64. The fourth-order valence-electron chi connectivity index (χ4n) is 3.92. The van der Waals surface area contributed by atoms with Crippen LogP contribution in [0.1, 0.15) is 47.6 Å². The van der Waals surface area contributed by atoms with Crippen molar-refractivity contribution in [1.29, 1.82) is 0 Å². The van der Waals surface area contributed by atoms with Crippen LogP contribution < -0.4 is 5.73 Å². The molecule has 1 spiro atoms. The summed E-state index contributed by atoms with van der Waals surface area (Å²) in [6.45, 7) is 3.35. The van der Waals surface area contributed by atoms with Crippen LogP contribution in [0.2, 0.25) is 0 Å². The molecule has 0 radical (unpaired) electrons. The molecule has 1 saturated carbocycles. The van der Waals surface area contributed by atoms with Crippen LogP contribution in [0.15, 0.2) is 5.38 Å². The lowest BCUT2D eigenvalue weighted by molar-refractivity contribution is -0.00812. The van der Waals surface area contributed by atoms with Crippen molar-refractivity contribution in [1.82, 2.24) is 14.8 Å². The van der Waals surface area contributed by atoms with Crippen molar-refractivity contribution in [2.45, 2.75) is 44.1 Å². The van der Waals surface area contributed by atoms with Crippen molar-refractivity contribution in [3.05, 3.63) is 16.1 Å². The van der Waals surface area contributed by atoms with Gasteiger partial charge in [-0.25, -0.2) is 4.98 Å². The summed E-state index contributed by atoms with van der Waals surface area (Å²) in [4.78, 5) is 22.0. The molecule has 5 nitrogen and oxygen atoms in total. The third kappa shape index (κ3) is 3.05. The van der Waals surface area contributed by atoms with Crippen LogP contribution in [0.5, 0.6) is 0 Å². The van der Waals surface area contributed by atoms with Gasteiger partial charge in [0.1, 0.15) is 5.69 Å². The van der Waals surface area contributed by atoms with Crippen LogP contribution >= 0.6 is 11.3 Å². The van der Waals surface area contributed by atoms with Gasteiger partial charge in [-0.2, -0.15) is 0 Å². The highest BCUT2D eigenvalue weighted by molar-refractivity contribution is 7.09. The summed E-state index contributed by atoms with van der Waals surface area (Å²) >= 11 is 1.55. The number of hydrogen-bond donors (Lipinski definition) is 1. The number of nitrogens with zero attached hydrogens (tertiary/aromatic N) is 3. The molecule has 1 amide bonds. The molecule has 2 fully saturated rings. The second-order valence-corrected chi connectivity index (χ2v) is 7.59. The van der Waals surface area contributed by atoms with Gasteiger partial charge in [-0.3, -0.25) is 4.79 Å². The highest BCUT2D eigenvalue weighted by Gasteiger charge is 2.44. The standard InChI is InChI=1S/C16H26N4OS/c1-19-9-10-20(16(12-19)6-3-2-4-7-16)15(21)13-11-22-14(18-13)5-8-17/h11H,2-10,12,17H2,1H3. The van der Waals surface area contributed by atoms with Crippen LogP contribution in [0.4, 0.5) is 0 Å². The largest absolute Gasteiger partial charge is 0.330 e. The minimum Gasteiger partial charge on any atom is -0.330 e. The van der Waals surface area contributed by atoms with Gasteiger partial charge in [0.15, 0.2) is 0 Å². The smallest absolute Gasteiger partial charge is 0.273 e. The van der Waals surface area contributed by atoms with E-state index in [2.05, 4.69) is 21.8 Å². The number of aromatic nitrogens is 1. The average Bonchev–Trinajstić information content (AvgIpc) is 2.96. The molecule has 22 heavy (non-hydrogen) atoms. The molecule has 1 saturated heterocycles. The minimum absolute atomic E-state index is 0.0278. The normalized spacial score (nSPS) is 22.2. The molecular weight excluding hydrogens is 296 g/mol. The van der Waals surface area contributed by atoms with Gasteiger partial charge >= 0.3 is 0 Å². The number of carbonyl (C=O) groups is 1. The Morgan fingerprint density at radius 2 is 2.14 bits per heavy atom. The maximum Gasteiger partial charge on any atom is 0.273 e. The maximum atomic E-state index is 13.0. The average molecular weight is 322 g/mol. The molecule has 0 bridgehead atoms. The molecular formula is C16H26N4OS. The van der Waals surface area contributed by atoms with Crippen molar-refractivity contribution >= 4 is 17.2 Å². The van der Waals surface area contributed by atoms with Crippen molar-refractivity contribution < 1.29 is 4.79 Å². The summed E-state index contributed by atoms with van der Waals surface area (Å²) in [5.74, 6) is 0.120. The van der Waals surface area contributed by atoms with Gasteiger partial charge in [0.05, 0.1) is 10.5 Å². The molecule has 1 aromatic rings. The molecule has 0 aromatic carbocycles. The van der Waals surface area contributed by atoms with Gasteiger partial charge in [-0.15, -0.1) is 11.3 Å². The predicted octanol–water partition coefficient (Wildman–Crippen LogP) is 1.73. The Hall–Kier alpha value is -0.980. The number of amides is 1. The third-order valence-corrected chi connectivity index (χ3v) is 5.91. The van der Waals surface area contributed by atoms with Gasteiger partial charge in [-0.05, 0) is 26.4 Å². The molecule has 1 aliphatic heterocycles. The number of piperazine rings is 1. The zero-order chi connectivity index (χ0) is 15.6. The van der Waals surface area contributed by atoms with Gasteiger partial charge in [0, 0.05) is 31.4 Å². The monoisotopic (exact) mass is 322 g/mol. The van der Waals surface area contributed by atoms with Gasteiger partial charge in [0.2, 0.25) is 0 Å².